The van der Waals surface area contributed by atoms with Crippen molar-refractivity contribution in [1.29, 1.82) is 0 Å². The largest absolute Gasteiger partial charge is 0.369 e. The van der Waals surface area contributed by atoms with Crippen molar-refractivity contribution in [2.75, 3.05) is 6.54 Å². The topological polar surface area (TPSA) is 64.2 Å². The number of imidazole rings is 1. The lowest BCUT2D eigenvalue weighted by molar-refractivity contribution is -0.124. The molecule has 2 N–H and O–H groups in total. The number of aryl methyl sites for hydroxylation is 1. The molecule has 0 bridgehead atoms. The van der Waals surface area contributed by atoms with E-state index in [0.29, 0.717) is 6.04 Å². The molecule has 0 spiro atoms. The van der Waals surface area contributed by atoms with Crippen molar-refractivity contribution < 1.29 is 4.79 Å². The number of amides is 1. The van der Waals surface area contributed by atoms with Gasteiger partial charge in [-0.15, -0.1) is 0 Å². The molecule has 1 amide bonds. The summed E-state index contributed by atoms with van der Waals surface area (Å²) < 4.78 is 2.00. The Morgan fingerprint density at radius 3 is 2.87 bits per heavy atom. The predicted octanol–water partition coefficient (Wildman–Crippen LogP) is 2.27. The first-order valence-corrected chi connectivity index (χ1v) is 8.16. The molecule has 1 aliphatic heterocycles. The lowest BCUT2D eigenvalue weighted by atomic mass is 9.92. The molecule has 2 heterocycles. The quantitative estimate of drug-likeness (QED) is 0.942. The second kappa shape index (κ2) is 6.54. The van der Waals surface area contributed by atoms with Crippen LogP contribution in [0.3, 0.4) is 0 Å². The highest BCUT2D eigenvalue weighted by Crippen LogP contribution is 2.25. The van der Waals surface area contributed by atoms with Gasteiger partial charge in [0.25, 0.3) is 0 Å². The minimum absolute atomic E-state index is 0.0169. The van der Waals surface area contributed by atoms with Gasteiger partial charge < -0.3 is 10.3 Å². The Morgan fingerprint density at radius 1 is 1.39 bits per heavy atom. The molecule has 1 aromatic carbocycles. The third-order valence-corrected chi connectivity index (χ3v) is 4.92. The number of rotatable bonds is 4. The highest BCUT2D eigenvalue weighted by Gasteiger charge is 2.28. The summed E-state index contributed by atoms with van der Waals surface area (Å²) in [4.78, 5) is 18.0. The number of hydrogen-bond donors (Lipinski definition) is 1. The predicted molar refractivity (Wildman–Crippen MR) is 90.1 cm³/mol. The van der Waals surface area contributed by atoms with Gasteiger partial charge in [-0.05, 0) is 49.9 Å². The Hall–Kier alpha value is -2.14. The van der Waals surface area contributed by atoms with E-state index in [1.165, 1.54) is 11.1 Å². The molecule has 2 atom stereocenters. The van der Waals surface area contributed by atoms with E-state index in [4.69, 9.17) is 5.73 Å². The molecule has 5 heteroatoms. The fourth-order valence-electron chi connectivity index (χ4n) is 3.28. The molecule has 23 heavy (non-hydrogen) atoms. The van der Waals surface area contributed by atoms with Crippen LogP contribution in [0.5, 0.6) is 0 Å². The van der Waals surface area contributed by atoms with Crippen LogP contribution >= 0.6 is 0 Å². The zero-order valence-corrected chi connectivity index (χ0v) is 13.8. The van der Waals surface area contributed by atoms with E-state index in [0.717, 1.165) is 31.6 Å². The maximum absolute atomic E-state index is 11.5. The summed E-state index contributed by atoms with van der Waals surface area (Å²) >= 11 is 0. The van der Waals surface area contributed by atoms with Gasteiger partial charge in [0.1, 0.15) is 0 Å². The molecule has 1 fully saturated rings. The summed E-state index contributed by atoms with van der Waals surface area (Å²) in [6.07, 6.45) is 7.46. The number of aromatic nitrogens is 2. The van der Waals surface area contributed by atoms with Crippen LogP contribution in [0.25, 0.3) is 5.69 Å². The van der Waals surface area contributed by atoms with Crippen LogP contribution < -0.4 is 5.73 Å². The second-order valence-electron chi connectivity index (χ2n) is 6.54. The van der Waals surface area contributed by atoms with E-state index < -0.39 is 0 Å². The van der Waals surface area contributed by atoms with Crippen LogP contribution in [0.4, 0.5) is 0 Å². The number of carbonyl (C=O) groups excluding carboxylic acids is 1. The van der Waals surface area contributed by atoms with E-state index in [1.807, 2.05) is 10.8 Å². The molecule has 1 saturated heterocycles. The van der Waals surface area contributed by atoms with Crippen LogP contribution in [0.1, 0.15) is 30.9 Å². The lowest BCUT2D eigenvalue weighted by Gasteiger charge is -2.37. The smallest absolute Gasteiger partial charge is 0.221 e. The summed E-state index contributed by atoms with van der Waals surface area (Å²) in [6, 6.07) is 6.95. The summed E-state index contributed by atoms with van der Waals surface area (Å²) in [5.74, 6) is -0.189. The van der Waals surface area contributed by atoms with Gasteiger partial charge in [-0.2, -0.15) is 0 Å². The maximum atomic E-state index is 11.5. The molecule has 5 nitrogen and oxygen atoms in total. The van der Waals surface area contributed by atoms with Gasteiger partial charge in [0.15, 0.2) is 0 Å². The summed E-state index contributed by atoms with van der Waals surface area (Å²) in [5, 5.41) is 0. The number of likely N-dealkylation sites (tertiary alicyclic amines) is 1. The van der Waals surface area contributed by atoms with E-state index in [9.17, 15) is 4.79 Å². The Labute approximate surface area is 137 Å². The first-order valence-electron chi connectivity index (χ1n) is 8.16. The number of nitrogens with two attached hydrogens (primary N) is 1. The zero-order valence-electron chi connectivity index (χ0n) is 13.8. The van der Waals surface area contributed by atoms with Crippen molar-refractivity contribution in [3.05, 3.63) is 48.0 Å². The Bertz CT molecular complexity index is 680. The third kappa shape index (κ3) is 3.45. The van der Waals surface area contributed by atoms with Gasteiger partial charge in [-0.1, -0.05) is 6.07 Å². The van der Waals surface area contributed by atoms with Gasteiger partial charge in [0, 0.05) is 37.2 Å². The molecular weight excluding hydrogens is 288 g/mol. The van der Waals surface area contributed by atoms with Crippen LogP contribution in [0, 0.1) is 12.8 Å². The number of primary amides is 1. The first-order chi connectivity index (χ1) is 11.0. The zero-order chi connectivity index (χ0) is 16.4. The van der Waals surface area contributed by atoms with E-state index >= 15 is 0 Å². The molecule has 3 rings (SSSR count). The SMILES string of the molecule is Cc1cc(-n2ccnc2)ccc1CN1C[C@@H](C(N)=O)CC[C@@H]1C. The average molecular weight is 312 g/mol. The normalized spacial score (nSPS) is 22.2. The lowest BCUT2D eigenvalue weighted by Crippen LogP contribution is -2.45. The molecule has 2 aromatic rings. The van der Waals surface area contributed by atoms with Crippen LogP contribution in [0.2, 0.25) is 0 Å². The number of piperidine rings is 1. The average Bonchev–Trinajstić information content (AvgIpc) is 3.05. The van der Waals surface area contributed by atoms with Gasteiger partial charge in [-0.3, -0.25) is 9.69 Å². The van der Waals surface area contributed by atoms with Crippen LogP contribution in [-0.2, 0) is 11.3 Å². The number of benzene rings is 1. The molecular formula is C18H24N4O. The Morgan fingerprint density at radius 2 is 2.22 bits per heavy atom. The summed E-state index contributed by atoms with van der Waals surface area (Å²) in [7, 11) is 0. The minimum atomic E-state index is -0.172. The fraction of sp³-hybridized carbons (Fsp3) is 0.444. The maximum Gasteiger partial charge on any atom is 0.221 e. The van der Waals surface area contributed by atoms with Crippen molar-refractivity contribution in [1.82, 2.24) is 14.5 Å². The van der Waals surface area contributed by atoms with Crippen LogP contribution in [0.15, 0.2) is 36.9 Å². The summed E-state index contributed by atoms with van der Waals surface area (Å²) in [6.45, 7) is 5.99. The van der Waals surface area contributed by atoms with Crippen molar-refractivity contribution >= 4 is 5.91 Å². The first kappa shape index (κ1) is 15.7. The van der Waals surface area contributed by atoms with Crippen molar-refractivity contribution in [2.24, 2.45) is 11.7 Å². The van der Waals surface area contributed by atoms with Crippen molar-refractivity contribution in [3.63, 3.8) is 0 Å². The number of hydrogen-bond acceptors (Lipinski definition) is 3. The standard InChI is InChI=1S/C18H24N4O/c1-13-9-17(21-8-7-20-12-21)6-5-15(13)10-22-11-16(18(19)23)4-3-14(22)2/h5-9,12,14,16H,3-4,10-11H2,1-2H3,(H2,19,23)/t14-,16-/m0/s1. The Balaban J connectivity index is 1.75. The van der Waals surface area contributed by atoms with Crippen LogP contribution in [-0.4, -0.2) is 32.9 Å². The van der Waals surface area contributed by atoms with E-state index in [2.05, 4.69) is 41.9 Å². The van der Waals surface area contributed by atoms with E-state index in [-0.39, 0.29) is 11.8 Å². The minimum Gasteiger partial charge on any atom is -0.369 e. The molecule has 122 valence electrons. The van der Waals surface area contributed by atoms with Gasteiger partial charge in [0.2, 0.25) is 5.91 Å². The van der Waals surface area contributed by atoms with Gasteiger partial charge in [-0.25, -0.2) is 4.98 Å². The van der Waals surface area contributed by atoms with E-state index in [1.54, 1.807) is 12.5 Å². The molecule has 0 saturated carbocycles. The second-order valence-corrected chi connectivity index (χ2v) is 6.54. The molecule has 1 aromatic heterocycles. The molecule has 0 aliphatic carbocycles. The molecule has 1 aliphatic rings. The molecule has 0 unspecified atom stereocenters. The van der Waals surface area contributed by atoms with Gasteiger partial charge >= 0.3 is 0 Å². The van der Waals surface area contributed by atoms with Gasteiger partial charge in [0.05, 0.1) is 12.2 Å². The molecule has 0 radical (unpaired) electrons. The third-order valence-electron chi connectivity index (χ3n) is 4.92. The highest BCUT2D eigenvalue weighted by molar-refractivity contribution is 5.77. The fourth-order valence-corrected chi connectivity index (χ4v) is 3.28. The summed E-state index contributed by atoms with van der Waals surface area (Å²) in [5.41, 5.74) is 9.17. The highest BCUT2D eigenvalue weighted by atomic mass is 16.1. The monoisotopic (exact) mass is 312 g/mol. The van der Waals surface area contributed by atoms with Crippen molar-refractivity contribution in [3.8, 4) is 5.69 Å². The van der Waals surface area contributed by atoms with Crippen molar-refractivity contribution in [2.45, 2.75) is 39.3 Å². The number of carbonyl (C=O) groups is 1. The Kier molecular flexibility index (Phi) is 4.48. The number of nitrogens with zero attached hydrogens (tertiary/aromatic N) is 3.